The van der Waals surface area contributed by atoms with Gasteiger partial charge in [0.05, 0.1) is 12.5 Å². The van der Waals surface area contributed by atoms with Crippen molar-refractivity contribution in [3.8, 4) is 11.5 Å². The van der Waals surface area contributed by atoms with Gasteiger partial charge in [0.15, 0.2) is 6.23 Å². The molecule has 0 bridgehead atoms. The van der Waals surface area contributed by atoms with Crippen molar-refractivity contribution in [1.29, 1.82) is 0 Å². The van der Waals surface area contributed by atoms with Gasteiger partial charge in [0.2, 0.25) is 0 Å². The average molecular weight is 529 g/mol. The lowest BCUT2D eigenvalue weighted by Gasteiger charge is -2.16. The molecule has 0 aromatic heterocycles. The Morgan fingerprint density at radius 1 is 0.974 bits per heavy atom. The van der Waals surface area contributed by atoms with E-state index >= 15 is 0 Å². The van der Waals surface area contributed by atoms with Crippen LogP contribution in [0, 0.1) is 11.8 Å². The lowest BCUT2D eigenvalue weighted by Crippen LogP contribution is -2.32. The van der Waals surface area contributed by atoms with E-state index < -0.39 is 18.0 Å². The minimum Gasteiger partial charge on any atom is -0.493 e. The van der Waals surface area contributed by atoms with E-state index in [4.69, 9.17) is 14.2 Å². The van der Waals surface area contributed by atoms with Gasteiger partial charge >= 0.3 is 12.1 Å². The van der Waals surface area contributed by atoms with Gasteiger partial charge in [0.1, 0.15) is 17.3 Å². The maximum Gasteiger partial charge on any atom is 0.415 e. The van der Waals surface area contributed by atoms with E-state index in [0.29, 0.717) is 37.5 Å². The molecule has 2 N–H and O–H groups in total. The first-order valence-corrected chi connectivity index (χ1v) is 13.1. The Balaban J connectivity index is 1.15. The molecule has 202 valence electrons. The second kappa shape index (κ2) is 11.9. The van der Waals surface area contributed by atoms with E-state index in [9.17, 15) is 14.7 Å². The molecule has 3 aromatic rings. The van der Waals surface area contributed by atoms with Gasteiger partial charge in [-0.3, -0.25) is 4.79 Å². The smallest absolute Gasteiger partial charge is 0.415 e. The van der Waals surface area contributed by atoms with Crippen LogP contribution in [0.3, 0.4) is 0 Å². The van der Waals surface area contributed by atoms with Crippen molar-refractivity contribution in [2.45, 2.75) is 26.0 Å². The van der Waals surface area contributed by atoms with E-state index in [1.54, 1.807) is 24.3 Å². The van der Waals surface area contributed by atoms with Crippen LogP contribution >= 0.6 is 0 Å². The van der Waals surface area contributed by atoms with Gasteiger partial charge in [-0.25, -0.2) is 4.79 Å². The highest BCUT2D eigenvalue weighted by molar-refractivity contribution is 5.75. The summed E-state index contributed by atoms with van der Waals surface area (Å²) in [6, 6.07) is 26.5. The van der Waals surface area contributed by atoms with Gasteiger partial charge in [0.25, 0.3) is 0 Å². The first kappa shape index (κ1) is 26.2. The number of hydrogen-bond acceptors (Lipinski definition) is 6. The number of nitrogens with zero attached hydrogens (tertiary/aromatic N) is 1. The fourth-order valence-corrected chi connectivity index (χ4v) is 5.05. The van der Waals surface area contributed by atoms with Crippen molar-refractivity contribution >= 4 is 12.1 Å². The standard InChI is InChI=1S/C31H32N2O6/c1-21-28(39-29(32-21)23-10-4-2-5-11-23)15-16-37-26-14-8-9-22(18-26)17-24-19-33(20-27(24)30(34)35)31(36)38-25-12-6-3-7-13-25/h2-14,18,24,27,29,32H,15-17,19-20H2,1H3,(H,34,35)/t24-,27+,29?/m1/s1. The molecule has 1 fully saturated rings. The summed E-state index contributed by atoms with van der Waals surface area (Å²) >= 11 is 0. The number of amides is 1. The predicted molar refractivity (Wildman–Crippen MR) is 145 cm³/mol. The summed E-state index contributed by atoms with van der Waals surface area (Å²) in [5.74, 6) is 0.200. The van der Waals surface area contributed by atoms with Crippen LogP contribution in [0.5, 0.6) is 11.5 Å². The summed E-state index contributed by atoms with van der Waals surface area (Å²) in [7, 11) is 0. The molecule has 0 aliphatic carbocycles. The molecule has 2 heterocycles. The van der Waals surface area contributed by atoms with Crippen LogP contribution in [0.4, 0.5) is 4.79 Å². The lowest BCUT2D eigenvalue weighted by atomic mass is 9.90. The maximum atomic E-state index is 12.7. The zero-order chi connectivity index (χ0) is 27.2. The second-order valence-corrected chi connectivity index (χ2v) is 9.84. The topological polar surface area (TPSA) is 97.3 Å². The highest BCUT2D eigenvalue weighted by Gasteiger charge is 2.40. The van der Waals surface area contributed by atoms with Crippen molar-refractivity contribution in [3.63, 3.8) is 0 Å². The van der Waals surface area contributed by atoms with Gasteiger partial charge in [-0.05, 0) is 49.1 Å². The third-order valence-electron chi connectivity index (χ3n) is 7.09. The molecule has 8 nitrogen and oxygen atoms in total. The quantitative estimate of drug-likeness (QED) is 0.385. The molecule has 2 aliphatic rings. The van der Waals surface area contributed by atoms with E-state index in [0.717, 1.165) is 22.6 Å². The zero-order valence-electron chi connectivity index (χ0n) is 21.8. The molecule has 2 aliphatic heterocycles. The number of benzene rings is 3. The molecule has 8 heteroatoms. The van der Waals surface area contributed by atoms with E-state index in [2.05, 4.69) is 5.32 Å². The zero-order valence-corrected chi connectivity index (χ0v) is 21.8. The molecular weight excluding hydrogens is 496 g/mol. The van der Waals surface area contributed by atoms with E-state index in [1.165, 1.54) is 4.90 Å². The number of aliphatic carboxylic acids is 1. The number of para-hydroxylation sites is 1. The Hall–Kier alpha value is -4.46. The Labute approximate surface area is 227 Å². The molecular formula is C31H32N2O6. The minimum atomic E-state index is -0.912. The molecule has 1 amide bonds. The summed E-state index contributed by atoms with van der Waals surface area (Å²) in [6.07, 6.45) is 0.408. The Kier molecular flexibility index (Phi) is 8.01. The fraction of sp³-hybridized carbons (Fsp3) is 0.290. The number of carboxylic acids is 1. The maximum absolute atomic E-state index is 12.7. The average Bonchev–Trinajstić information content (AvgIpc) is 3.54. The number of hydrogen-bond donors (Lipinski definition) is 2. The van der Waals surface area contributed by atoms with Gasteiger partial charge in [-0.2, -0.15) is 0 Å². The van der Waals surface area contributed by atoms with Crippen molar-refractivity contribution < 1.29 is 28.9 Å². The minimum absolute atomic E-state index is 0.119. The monoisotopic (exact) mass is 528 g/mol. The third-order valence-corrected chi connectivity index (χ3v) is 7.09. The number of carbonyl (C=O) groups excluding carboxylic acids is 1. The number of allylic oxidation sites excluding steroid dienone is 1. The van der Waals surface area contributed by atoms with Crippen molar-refractivity contribution in [2.75, 3.05) is 19.7 Å². The van der Waals surface area contributed by atoms with Crippen LogP contribution < -0.4 is 14.8 Å². The number of carbonyl (C=O) groups is 2. The molecule has 0 saturated carbocycles. The Morgan fingerprint density at radius 3 is 2.44 bits per heavy atom. The molecule has 1 unspecified atom stereocenters. The number of nitrogens with one attached hydrogen (secondary N) is 1. The van der Waals surface area contributed by atoms with Crippen molar-refractivity contribution in [2.24, 2.45) is 11.8 Å². The second-order valence-electron chi connectivity index (χ2n) is 9.84. The predicted octanol–water partition coefficient (Wildman–Crippen LogP) is 5.38. The number of ether oxygens (including phenoxy) is 3. The highest BCUT2D eigenvalue weighted by atomic mass is 16.6. The summed E-state index contributed by atoms with van der Waals surface area (Å²) in [5.41, 5.74) is 3.02. The van der Waals surface area contributed by atoms with Crippen molar-refractivity contribution in [3.05, 3.63) is 108 Å². The van der Waals surface area contributed by atoms with Gasteiger partial charge in [0, 0.05) is 30.8 Å². The Morgan fingerprint density at radius 2 is 1.69 bits per heavy atom. The van der Waals surface area contributed by atoms with Crippen LogP contribution in [-0.2, 0) is 16.0 Å². The molecule has 39 heavy (non-hydrogen) atoms. The van der Waals surface area contributed by atoms with Crippen LogP contribution in [0.25, 0.3) is 0 Å². The molecule has 1 saturated heterocycles. The summed E-state index contributed by atoms with van der Waals surface area (Å²) in [5, 5.41) is 13.2. The van der Waals surface area contributed by atoms with Crippen LogP contribution in [0.2, 0.25) is 0 Å². The first-order chi connectivity index (χ1) is 19.0. The number of likely N-dealkylation sites (tertiary alicyclic amines) is 1. The van der Waals surface area contributed by atoms with Crippen molar-refractivity contribution in [1.82, 2.24) is 10.2 Å². The normalized spacial score (nSPS) is 20.3. The molecule has 0 radical (unpaired) electrons. The van der Waals surface area contributed by atoms with Gasteiger partial charge < -0.3 is 29.5 Å². The summed E-state index contributed by atoms with van der Waals surface area (Å²) in [6.45, 7) is 2.88. The summed E-state index contributed by atoms with van der Waals surface area (Å²) < 4.78 is 17.5. The first-order valence-electron chi connectivity index (χ1n) is 13.1. The fourth-order valence-electron chi connectivity index (χ4n) is 5.05. The lowest BCUT2D eigenvalue weighted by molar-refractivity contribution is -0.142. The highest BCUT2D eigenvalue weighted by Crippen LogP contribution is 2.30. The molecule has 5 rings (SSSR count). The molecule has 3 aromatic carbocycles. The largest absolute Gasteiger partial charge is 0.493 e. The Bertz CT molecular complexity index is 1330. The molecule has 0 spiro atoms. The molecule has 3 atom stereocenters. The van der Waals surface area contributed by atoms with Crippen LogP contribution in [0.1, 0.15) is 30.7 Å². The number of rotatable bonds is 9. The van der Waals surface area contributed by atoms with E-state index in [-0.39, 0.29) is 18.7 Å². The number of carboxylic acid groups (broad SMARTS) is 1. The third kappa shape index (κ3) is 6.52. The van der Waals surface area contributed by atoms with E-state index in [1.807, 2.05) is 67.6 Å². The van der Waals surface area contributed by atoms with Crippen LogP contribution in [0.15, 0.2) is 96.4 Å². The summed E-state index contributed by atoms with van der Waals surface area (Å²) in [4.78, 5) is 26.1. The van der Waals surface area contributed by atoms with Gasteiger partial charge in [-0.1, -0.05) is 60.7 Å². The van der Waals surface area contributed by atoms with Gasteiger partial charge in [-0.15, -0.1) is 0 Å². The van der Waals surface area contributed by atoms with Crippen LogP contribution in [-0.4, -0.2) is 41.8 Å². The SMILES string of the molecule is CC1=C(CCOc2cccc(C[C@@H]3CN(C(=O)Oc4ccccc4)C[C@@H]3C(=O)O)c2)OC(c2ccccc2)N1.